The Kier molecular flexibility index (Phi) is 10.3. The standard InChI is InChI=1S/C28H36N2O9/c1-27(2,3)38-25(35)29-21(23(32)33)15-18-9-13-20(14-10-18)37-24(34)22(30-26(36)39-28(4,5)6)16-17-7-11-19(31)12-8-17/h7-14,21-22,31H,15-16H2,1-6H3,(H,29,35)(H,30,36)(H,32,33)/t21-,22-/m0/s1. The number of nitrogens with one attached hydrogen (secondary N) is 2. The van der Waals surface area contributed by atoms with Gasteiger partial charge in [0.25, 0.3) is 0 Å². The van der Waals surface area contributed by atoms with Crippen molar-refractivity contribution in [2.24, 2.45) is 0 Å². The second kappa shape index (κ2) is 13.0. The summed E-state index contributed by atoms with van der Waals surface area (Å²) < 4.78 is 15.9. The van der Waals surface area contributed by atoms with Crippen LogP contribution in [-0.2, 0) is 31.9 Å². The fourth-order valence-electron chi connectivity index (χ4n) is 3.28. The molecule has 2 rings (SSSR count). The summed E-state index contributed by atoms with van der Waals surface area (Å²) in [4.78, 5) is 49.0. The maximum atomic E-state index is 13.0. The van der Waals surface area contributed by atoms with Crippen LogP contribution < -0.4 is 15.4 Å². The molecule has 0 fully saturated rings. The first kappa shape index (κ1) is 30.9. The van der Waals surface area contributed by atoms with E-state index in [1.165, 1.54) is 24.3 Å². The molecule has 0 radical (unpaired) electrons. The minimum atomic E-state index is -1.24. The maximum Gasteiger partial charge on any atom is 0.408 e. The summed E-state index contributed by atoms with van der Waals surface area (Å²) in [5, 5.41) is 23.9. The molecule has 2 atom stereocenters. The van der Waals surface area contributed by atoms with Gasteiger partial charge in [0.05, 0.1) is 0 Å². The number of carboxylic acid groups (broad SMARTS) is 1. The van der Waals surface area contributed by atoms with Gasteiger partial charge in [0.1, 0.15) is 34.8 Å². The van der Waals surface area contributed by atoms with E-state index in [0.29, 0.717) is 11.1 Å². The van der Waals surface area contributed by atoms with Gasteiger partial charge in [-0.05, 0) is 76.9 Å². The van der Waals surface area contributed by atoms with E-state index in [4.69, 9.17) is 14.2 Å². The number of carboxylic acids is 1. The number of hydrogen-bond acceptors (Lipinski definition) is 8. The molecule has 39 heavy (non-hydrogen) atoms. The Morgan fingerprint density at radius 1 is 0.718 bits per heavy atom. The topological polar surface area (TPSA) is 160 Å². The first-order chi connectivity index (χ1) is 18.0. The number of esters is 1. The number of ether oxygens (including phenoxy) is 3. The van der Waals surface area contributed by atoms with Gasteiger partial charge < -0.3 is 35.1 Å². The molecule has 0 bridgehead atoms. The van der Waals surface area contributed by atoms with Gasteiger partial charge in [0, 0.05) is 12.8 Å². The molecule has 0 saturated heterocycles. The summed E-state index contributed by atoms with van der Waals surface area (Å²) in [5.74, 6) is -1.76. The highest BCUT2D eigenvalue weighted by atomic mass is 16.6. The van der Waals surface area contributed by atoms with Crippen molar-refractivity contribution in [3.63, 3.8) is 0 Å². The lowest BCUT2D eigenvalue weighted by Crippen LogP contribution is -2.46. The van der Waals surface area contributed by atoms with Gasteiger partial charge in [-0.2, -0.15) is 0 Å². The van der Waals surface area contributed by atoms with Gasteiger partial charge in [-0.15, -0.1) is 0 Å². The summed E-state index contributed by atoms with van der Waals surface area (Å²) in [5.41, 5.74) is -0.333. The van der Waals surface area contributed by atoms with Crippen molar-refractivity contribution >= 4 is 24.1 Å². The van der Waals surface area contributed by atoms with Gasteiger partial charge in [-0.1, -0.05) is 24.3 Å². The van der Waals surface area contributed by atoms with Gasteiger partial charge in [0.15, 0.2) is 0 Å². The lowest BCUT2D eigenvalue weighted by molar-refractivity contribution is -0.139. The summed E-state index contributed by atoms with van der Waals surface area (Å²) in [6.45, 7) is 10.1. The van der Waals surface area contributed by atoms with E-state index >= 15 is 0 Å². The number of aliphatic carboxylic acids is 1. The van der Waals surface area contributed by atoms with E-state index in [2.05, 4.69) is 10.6 Å². The normalized spacial score (nSPS) is 13.0. The summed E-state index contributed by atoms with van der Waals surface area (Å²) in [6.07, 6.45) is -1.60. The van der Waals surface area contributed by atoms with Crippen molar-refractivity contribution < 1.29 is 43.6 Å². The number of benzene rings is 2. The first-order valence-electron chi connectivity index (χ1n) is 12.3. The smallest absolute Gasteiger partial charge is 0.408 e. The third kappa shape index (κ3) is 11.8. The molecule has 0 heterocycles. The van der Waals surface area contributed by atoms with Crippen molar-refractivity contribution in [1.82, 2.24) is 10.6 Å². The zero-order valence-electron chi connectivity index (χ0n) is 22.9. The van der Waals surface area contributed by atoms with E-state index in [1.807, 2.05) is 0 Å². The Bertz CT molecular complexity index is 1150. The van der Waals surface area contributed by atoms with Crippen LogP contribution in [0.2, 0.25) is 0 Å². The van der Waals surface area contributed by atoms with Crippen LogP contribution in [0.25, 0.3) is 0 Å². The Labute approximate surface area is 227 Å². The predicted octanol–water partition coefficient (Wildman–Crippen LogP) is 3.95. The number of amides is 2. The number of carbonyl (C=O) groups is 4. The van der Waals surface area contributed by atoms with E-state index < -0.39 is 47.4 Å². The number of aromatic hydroxyl groups is 1. The van der Waals surface area contributed by atoms with Crippen LogP contribution in [-0.4, -0.2) is 57.6 Å². The van der Waals surface area contributed by atoms with Crippen LogP contribution >= 0.6 is 0 Å². The van der Waals surface area contributed by atoms with Crippen LogP contribution in [0.3, 0.4) is 0 Å². The molecule has 212 valence electrons. The molecule has 2 aromatic carbocycles. The van der Waals surface area contributed by atoms with Gasteiger partial charge in [-0.25, -0.2) is 19.2 Å². The first-order valence-corrected chi connectivity index (χ1v) is 12.3. The van der Waals surface area contributed by atoms with Crippen LogP contribution in [0, 0.1) is 0 Å². The molecular formula is C28H36N2O9. The number of phenolic OH excluding ortho intramolecular Hbond substituents is 1. The molecule has 0 saturated carbocycles. The molecule has 4 N–H and O–H groups in total. The summed E-state index contributed by atoms with van der Waals surface area (Å²) in [6, 6.07) is 9.90. The minimum Gasteiger partial charge on any atom is -0.508 e. The van der Waals surface area contributed by atoms with E-state index in [9.17, 15) is 29.4 Å². The van der Waals surface area contributed by atoms with Crippen molar-refractivity contribution in [2.45, 2.75) is 77.7 Å². The van der Waals surface area contributed by atoms with Crippen molar-refractivity contribution in [2.75, 3.05) is 0 Å². The second-order valence-corrected chi connectivity index (χ2v) is 10.9. The quantitative estimate of drug-likeness (QED) is 0.271. The third-order valence-electron chi connectivity index (χ3n) is 4.92. The fourth-order valence-corrected chi connectivity index (χ4v) is 3.28. The van der Waals surface area contributed by atoms with Gasteiger partial charge in [0.2, 0.25) is 0 Å². The molecule has 2 aromatic rings. The molecule has 11 nitrogen and oxygen atoms in total. The van der Waals surface area contributed by atoms with Gasteiger partial charge in [-0.3, -0.25) is 0 Å². The number of alkyl carbamates (subject to hydrolysis) is 2. The van der Waals surface area contributed by atoms with E-state index in [-0.39, 0.29) is 24.3 Å². The lowest BCUT2D eigenvalue weighted by atomic mass is 10.1. The minimum absolute atomic E-state index is 0.0352. The highest BCUT2D eigenvalue weighted by molar-refractivity contribution is 5.83. The lowest BCUT2D eigenvalue weighted by Gasteiger charge is -2.23. The Morgan fingerprint density at radius 3 is 1.56 bits per heavy atom. The maximum absolute atomic E-state index is 13.0. The Morgan fingerprint density at radius 2 is 1.13 bits per heavy atom. The highest BCUT2D eigenvalue weighted by Gasteiger charge is 2.27. The molecule has 11 heteroatoms. The number of phenols is 1. The molecule has 0 aliphatic heterocycles. The molecule has 0 aromatic heterocycles. The Balaban J connectivity index is 2.10. The SMILES string of the molecule is CC(C)(C)OC(=O)N[C@@H](Cc1ccc(OC(=O)[C@H](Cc2ccc(O)cc2)NC(=O)OC(C)(C)C)cc1)C(=O)O. The molecule has 0 aliphatic rings. The van der Waals surface area contributed by atoms with Crippen molar-refractivity contribution in [3.8, 4) is 11.5 Å². The summed E-state index contributed by atoms with van der Waals surface area (Å²) in [7, 11) is 0. The molecule has 0 aliphatic carbocycles. The predicted molar refractivity (Wildman–Crippen MR) is 142 cm³/mol. The second-order valence-electron chi connectivity index (χ2n) is 10.9. The molecular weight excluding hydrogens is 508 g/mol. The Hall–Kier alpha value is -4.28. The zero-order valence-corrected chi connectivity index (χ0v) is 22.9. The molecule has 2 amide bonds. The zero-order chi connectivity index (χ0) is 29.4. The van der Waals surface area contributed by atoms with Crippen LogP contribution in [0.4, 0.5) is 9.59 Å². The molecule has 0 unspecified atom stereocenters. The number of carbonyl (C=O) groups excluding carboxylic acids is 3. The largest absolute Gasteiger partial charge is 0.508 e. The monoisotopic (exact) mass is 544 g/mol. The number of hydrogen-bond donors (Lipinski definition) is 4. The number of rotatable bonds is 9. The highest BCUT2D eigenvalue weighted by Crippen LogP contribution is 2.17. The van der Waals surface area contributed by atoms with Crippen LogP contribution in [0.5, 0.6) is 11.5 Å². The van der Waals surface area contributed by atoms with Gasteiger partial charge >= 0.3 is 24.1 Å². The summed E-state index contributed by atoms with van der Waals surface area (Å²) >= 11 is 0. The van der Waals surface area contributed by atoms with E-state index in [1.54, 1.807) is 65.8 Å². The van der Waals surface area contributed by atoms with Crippen molar-refractivity contribution in [3.05, 3.63) is 59.7 Å². The molecule has 0 spiro atoms. The third-order valence-corrected chi connectivity index (χ3v) is 4.92. The van der Waals surface area contributed by atoms with E-state index in [0.717, 1.165) is 0 Å². The average molecular weight is 545 g/mol. The van der Waals surface area contributed by atoms with Crippen molar-refractivity contribution in [1.29, 1.82) is 0 Å². The van der Waals surface area contributed by atoms with Crippen LogP contribution in [0.1, 0.15) is 52.7 Å². The van der Waals surface area contributed by atoms with Crippen LogP contribution in [0.15, 0.2) is 48.5 Å². The fraction of sp³-hybridized carbons (Fsp3) is 0.429. The average Bonchev–Trinajstić information content (AvgIpc) is 2.78.